The van der Waals surface area contributed by atoms with Gasteiger partial charge in [-0.15, -0.1) is 0 Å². The lowest BCUT2D eigenvalue weighted by Gasteiger charge is -2.14. The van der Waals surface area contributed by atoms with E-state index in [-0.39, 0.29) is 0 Å². The van der Waals surface area contributed by atoms with Gasteiger partial charge in [-0.2, -0.15) is 0 Å². The maximum absolute atomic E-state index is 3.47. The minimum absolute atomic E-state index is 1.10. The molecule has 1 aromatic rings. The quantitative estimate of drug-likeness (QED) is 0.790. The van der Waals surface area contributed by atoms with Gasteiger partial charge in [-0.1, -0.05) is 30.7 Å². The van der Waals surface area contributed by atoms with Crippen molar-refractivity contribution in [2.75, 3.05) is 5.32 Å². The number of benzene rings is 1. The van der Waals surface area contributed by atoms with Crippen LogP contribution in [0.2, 0.25) is 0 Å². The first kappa shape index (κ1) is 11.0. The molecule has 0 unspecified atom stereocenters. The highest BCUT2D eigenvalue weighted by Crippen LogP contribution is 2.20. The zero-order valence-corrected chi connectivity index (χ0v) is 10.1. The van der Waals surface area contributed by atoms with Gasteiger partial charge in [0.05, 0.1) is 0 Å². The van der Waals surface area contributed by atoms with E-state index in [1.165, 1.54) is 28.9 Å². The molecule has 0 atom stereocenters. The molecule has 1 aliphatic carbocycles. The molecule has 1 N–H and O–H groups in total. The van der Waals surface area contributed by atoms with E-state index in [0.29, 0.717) is 0 Å². The molecule has 1 aromatic carbocycles. The summed E-state index contributed by atoms with van der Waals surface area (Å²) in [6, 6.07) is 8.69. The first-order valence-corrected chi connectivity index (χ1v) is 6.00. The van der Waals surface area contributed by atoms with Crippen LogP contribution in [0.3, 0.4) is 0 Å². The molecule has 0 aliphatic heterocycles. The molecule has 0 saturated heterocycles. The monoisotopic (exact) mass is 213 g/mol. The predicted molar refractivity (Wildman–Crippen MR) is 70.5 cm³/mol. The van der Waals surface area contributed by atoms with Crippen LogP contribution in [-0.4, -0.2) is 0 Å². The number of allylic oxidation sites excluding steroid dienone is 4. The van der Waals surface area contributed by atoms with Gasteiger partial charge in [0, 0.05) is 11.4 Å². The van der Waals surface area contributed by atoms with Gasteiger partial charge in [-0.05, 0) is 50.0 Å². The minimum atomic E-state index is 1.10. The van der Waals surface area contributed by atoms with Crippen LogP contribution in [-0.2, 0) is 6.42 Å². The fourth-order valence-corrected chi connectivity index (χ4v) is 1.85. The van der Waals surface area contributed by atoms with Gasteiger partial charge in [0.25, 0.3) is 0 Å². The third-order valence-corrected chi connectivity index (χ3v) is 3.02. The average molecular weight is 213 g/mol. The van der Waals surface area contributed by atoms with Crippen molar-refractivity contribution in [3.63, 3.8) is 0 Å². The predicted octanol–water partition coefficient (Wildman–Crippen LogP) is 4.28. The van der Waals surface area contributed by atoms with Crippen molar-refractivity contribution < 1.29 is 0 Å². The summed E-state index contributed by atoms with van der Waals surface area (Å²) in [7, 11) is 0. The van der Waals surface area contributed by atoms with Gasteiger partial charge in [0.15, 0.2) is 0 Å². The normalized spacial score (nSPS) is 15.4. The molecule has 2 rings (SSSR count). The van der Waals surface area contributed by atoms with Crippen LogP contribution in [0.4, 0.5) is 5.69 Å². The minimum Gasteiger partial charge on any atom is -0.359 e. The number of rotatable bonds is 3. The van der Waals surface area contributed by atoms with Crippen molar-refractivity contribution in [1.82, 2.24) is 0 Å². The number of aryl methyl sites for hydroxylation is 1. The molecule has 0 aromatic heterocycles. The smallest absolute Gasteiger partial charge is 0.0381 e. The first-order chi connectivity index (χ1) is 7.78. The van der Waals surface area contributed by atoms with Gasteiger partial charge < -0.3 is 5.32 Å². The fraction of sp³-hybridized carbons (Fsp3) is 0.333. The highest BCUT2D eigenvalue weighted by Gasteiger charge is 2.03. The molecule has 0 heterocycles. The second-order valence-electron chi connectivity index (χ2n) is 4.38. The van der Waals surface area contributed by atoms with Crippen molar-refractivity contribution in [3.8, 4) is 0 Å². The summed E-state index contributed by atoms with van der Waals surface area (Å²) in [5.41, 5.74) is 5.36. The summed E-state index contributed by atoms with van der Waals surface area (Å²) in [5, 5.41) is 3.47. The van der Waals surface area contributed by atoms with Crippen LogP contribution in [0, 0.1) is 0 Å². The Balaban J connectivity index is 2.04. The van der Waals surface area contributed by atoms with Crippen molar-refractivity contribution >= 4 is 5.69 Å². The molecule has 1 heteroatoms. The van der Waals surface area contributed by atoms with E-state index < -0.39 is 0 Å². The maximum atomic E-state index is 3.47. The Morgan fingerprint density at radius 2 is 1.81 bits per heavy atom. The van der Waals surface area contributed by atoms with Crippen LogP contribution in [0.15, 0.2) is 47.7 Å². The van der Waals surface area contributed by atoms with Crippen LogP contribution in [0.25, 0.3) is 0 Å². The zero-order chi connectivity index (χ0) is 11.4. The Labute approximate surface area is 97.9 Å². The average Bonchev–Trinajstić information content (AvgIpc) is 2.33. The highest BCUT2D eigenvalue weighted by molar-refractivity contribution is 5.50. The summed E-state index contributed by atoms with van der Waals surface area (Å²) in [4.78, 5) is 0. The molecule has 0 bridgehead atoms. The van der Waals surface area contributed by atoms with Crippen molar-refractivity contribution in [2.24, 2.45) is 0 Å². The molecule has 0 fully saturated rings. The Hall–Kier alpha value is -1.50. The standard InChI is InChI=1S/C15H19N/c1-3-13-6-10-15(11-7-13)16-14-8-4-12(2)5-9-14/h4,6-8,10-11,16H,3,5,9H2,1-2H3. The lowest BCUT2D eigenvalue weighted by molar-refractivity contribution is 0.910. The highest BCUT2D eigenvalue weighted by atomic mass is 14.9. The Morgan fingerprint density at radius 1 is 1.06 bits per heavy atom. The molecule has 0 amide bonds. The van der Waals surface area contributed by atoms with E-state index in [4.69, 9.17) is 0 Å². The number of nitrogens with one attached hydrogen (secondary N) is 1. The largest absolute Gasteiger partial charge is 0.359 e. The molecule has 1 aliphatic rings. The molecule has 0 radical (unpaired) electrons. The van der Waals surface area contributed by atoms with Crippen LogP contribution in [0.5, 0.6) is 0 Å². The van der Waals surface area contributed by atoms with E-state index in [2.05, 4.69) is 55.6 Å². The Bertz CT molecular complexity index is 410. The summed E-state index contributed by atoms with van der Waals surface area (Å²) in [6.07, 6.45) is 7.79. The summed E-state index contributed by atoms with van der Waals surface area (Å²) in [6.45, 7) is 4.36. The topological polar surface area (TPSA) is 12.0 Å². The van der Waals surface area contributed by atoms with Gasteiger partial charge in [0.2, 0.25) is 0 Å². The summed E-state index contributed by atoms with van der Waals surface area (Å²) in [5.74, 6) is 0. The molecule has 1 nitrogen and oxygen atoms in total. The van der Waals surface area contributed by atoms with E-state index in [1.54, 1.807) is 0 Å². The van der Waals surface area contributed by atoms with E-state index in [9.17, 15) is 0 Å². The maximum Gasteiger partial charge on any atom is 0.0381 e. The van der Waals surface area contributed by atoms with Gasteiger partial charge in [-0.3, -0.25) is 0 Å². The molecule has 84 valence electrons. The lowest BCUT2D eigenvalue weighted by Crippen LogP contribution is -2.02. The summed E-state index contributed by atoms with van der Waals surface area (Å²) >= 11 is 0. The third kappa shape index (κ3) is 2.75. The SMILES string of the molecule is CCc1ccc(NC2=CC=C(C)CC2)cc1. The molecule has 0 saturated carbocycles. The second kappa shape index (κ2) is 5.02. The number of hydrogen-bond acceptors (Lipinski definition) is 1. The van der Waals surface area contributed by atoms with Crippen molar-refractivity contribution in [3.05, 3.63) is 53.3 Å². The van der Waals surface area contributed by atoms with Crippen LogP contribution in [0.1, 0.15) is 32.3 Å². The Morgan fingerprint density at radius 3 is 2.38 bits per heavy atom. The van der Waals surface area contributed by atoms with Gasteiger partial charge >= 0.3 is 0 Å². The lowest BCUT2D eigenvalue weighted by atomic mass is 10.0. The number of hydrogen-bond donors (Lipinski definition) is 1. The fourth-order valence-electron chi connectivity index (χ4n) is 1.85. The third-order valence-electron chi connectivity index (χ3n) is 3.02. The molecule has 16 heavy (non-hydrogen) atoms. The van der Waals surface area contributed by atoms with Crippen molar-refractivity contribution in [1.29, 1.82) is 0 Å². The Kier molecular flexibility index (Phi) is 3.45. The van der Waals surface area contributed by atoms with Crippen LogP contribution >= 0.6 is 0 Å². The first-order valence-electron chi connectivity index (χ1n) is 6.00. The van der Waals surface area contributed by atoms with E-state index in [1.807, 2.05) is 0 Å². The molecular formula is C15H19N. The summed E-state index contributed by atoms with van der Waals surface area (Å²) < 4.78 is 0. The molecule has 0 spiro atoms. The van der Waals surface area contributed by atoms with E-state index >= 15 is 0 Å². The van der Waals surface area contributed by atoms with Gasteiger partial charge in [-0.25, -0.2) is 0 Å². The van der Waals surface area contributed by atoms with Crippen molar-refractivity contribution in [2.45, 2.75) is 33.1 Å². The molecular weight excluding hydrogens is 194 g/mol. The van der Waals surface area contributed by atoms with E-state index in [0.717, 1.165) is 12.8 Å². The zero-order valence-electron chi connectivity index (χ0n) is 10.1. The second-order valence-corrected chi connectivity index (χ2v) is 4.38. The van der Waals surface area contributed by atoms with Crippen LogP contribution < -0.4 is 5.32 Å². The van der Waals surface area contributed by atoms with Gasteiger partial charge in [0.1, 0.15) is 0 Å². The number of anilines is 1.